The fourth-order valence-corrected chi connectivity index (χ4v) is 2.03. The van der Waals surface area contributed by atoms with Crippen molar-refractivity contribution in [2.75, 3.05) is 7.11 Å². The van der Waals surface area contributed by atoms with Crippen molar-refractivity contribution in [1.82, 2.24) is 0 Å². The summed E-state index contributed by atoms with van der Waals surface area (Å²) in [6.45, 7) is 0. The normalized spacial score (nSPS) is 10.3. The first-order valence-corrected chi connectivity index (χ1v) is 5.78. The topological polar surface area (TPSA) is 46.5 Å². The summed E-state index contributed by atoms with van der Waals surface area (Å²) in [5, 5.41) is 9.03. The highest BCUT2D eigenvalue weighted by Crippen LogP contribution is 2.34. The zero-order chi connectivity index (χ0) is 14.0. The molecule has 1 N–H and O–H groups in total. The van der Waals surface area contributed by atoms with Gasteiger partial charge in [0.05, 0.1) is 12.7 Å². The number of aromatic carboxylic acids is 1. The van der Waals surface area contributed by atoms with Crippen molar-refractivity contribution >= 4 is 17.6 Å². The van der Waals surface area contributed by atoms with Gasteiger partial charge in [0, 0.05) is 16.1 Å². The molecule has 0 saturated heterocycles. The van der Waals surface area contributed by atoms with Crippen molar-refractivity contribution in [3.05, 3.63) is 52.8 Å². The molecule has 0 spiro atoms. The van der Waals surface area contributed by atoms with Gasteiger partial charge in [0.2, 0.25) is 0 Å². The van der Waals surface area contributed by atoms with Crippen LogP contribution in [0.25, 0.3) is 11.1 Å². The molecule has 5 heteroatoms. The zero-order valence-electron chi connectivity index (χ0n) is 9.98. The van der Waals surface area contributed by atoms with Crippen LogP contribution in [-0.4, -0.2) is 18.2 Å². The van der Waals surface area contributed by atoms with Gasteiger partial charge in [-0.25, -0.2) is 9.18 Å². The van der Waals surface area contributed by atoms with Crippen LogP contribution < -0.4 is 4.74 Å². The molecule has 0 aliphatic carbocycles. The van der Waals surface area contributed by atoms with Crippen molar-refractivity contribution in [1.29, 1.82) is 0 Å². The average Bonchev–Trinajstić information content (AvgIpc) is 2.39. The van der Waals surface area contributed by atoms with E-state index in [-0.39, 0.29) is 21.9 Å². The number of carboxylic acid groups (broad SMARTS) is 1. The maximum absolute atomic E-state index is 14.1. The summed E-state index contributed by atoms with van der Waals surface area (Å²) in [5.41, 5.74) is 0.737. The van der Waals surface area contributed by atoms with Crippen LogP contribution in [0.3, 0.4) is 0 Å². The molecule has 0 aromatic heterocycles. The predicted molar refractivity (Wildman–Crippen MR) is 70.4 cm³/mol. The number of ether oxygens (including phenoxy) is 1. The number of methoxy groups -OCH3 is 1. The summed E-state index contributed by atoms with van der Waals surface area (Å²) in [4.78, 5) is 10.8. The molecule has 0 unspecified atom stereocenters. The van der Waals surface area contributed by atoms with E-state index in [1.54, 1.807) is 12.1 Å². The molecule has 0 radical (unpaired) electrons. The summed E-state index contributed by atoms with van der Waals surface area (Å²) >= 11 is 6.00. The summed E-state index contributed by atoms with van der Waals surface area (Å²) in [6.07, 6.45) is 0. The van der Waals surface area contributed by atoms with Gasteiger partial charge in [-0.1, -0.05) is 29.8 Å². The summed E-state index contributed by atoms with van der Waals surface area (Å²) < 4.78 is 19.0. The molecule has 2 rings (SSSR count). The molecule has 3 nitrogen and oxygen atoms in total. The molecular formula is C14H10ClFO3. The van der Waals surface area contributed by atoms with Gasteiger partial charge in [0.15, 0.2) is 11.6 Å². The minimum absolute atomic E-state index is 0.0528. The number of hydrogen-bond donors (Lipinski definition) is 1. The van der Waals surface area contributed by atoms with Gasteiger partial charge in [0.1, 0.15) is 0 Å². The quantitative estimate of drug-likeness (QED) is 0.929. The van der Waals surface area contributed by atoms with E-state index in [0.29, 0.717) is 5.56 Å². The Morgan fingerprint density at radius 3 is 2.58 bits per heavy atom. The average molecular weight is 281 g/mol. The molecule has 2 aromatic carbocycles. The molecule has 0 saturated carbocycles. The predicted octanol–water partition coefficient (Wildman–Crippen LogP) is 3.85. The summed E-state index contributed by atoms with van der Waals surface area (Å²) in [6, 6.07) is 8.83. The van der Waals surface area contributed by atoms with E-state index in [2.05, 4.69) is 0 Å². The van der Waals surface area contributed by atoms with Gasteiger partial charge < -0.3 is 9.84 Å². The summed E-state index contributed by atoms with van der Waals surface area (Å²) in [7, 11) is 1.37. The standard InChI is InChI=1S/C14H10ClFO3/c1-19-12-4-2-3-10(13(12)16)9-6-5-8(14(17)18)7-11(9)15/h2-7H,1H3,(H,17,18). The van der Waals surface area contributed by atoms with Crippen LogP contribution in [0.1, 0.15) is 10.4 Å². The molecule has 0 fully saturated rings. The Morgan fingerprint density at radius 1 is 1.26 bits per heavy atom. The smallest absolute Gasteiger partial charge is 0.335 e. The van der Waals surface area contributed by atoms with Gasteiger partial charge >= 0.3 is 5.97 Å². The Morgan fingerprint density at radius 2 is 2.00 bits per heavy atom. The molecule has 19 heavy (non-hydrogen) atoms. The number of rotatable bonds is 3. The van der Waals surface area contributed by atoms with E-state index in [1.165, 1.54) is 31.4 Å². The van der Waals surface area contributed by atoms with Gasteiger partial charge in [-0.3, -0.25) is 0 Å². The first kappa shape index (κ1) is 13.4. The van der Waals surface area contributed by atoms with Crippen LogP contribution in [0.4, 0.5) is 4.39 Å². The Balaban J connectivity index is 2.57. The molecule has 0 aliphatic rings. The first-order chi connectivity index (χ1) is 9.04. The van der Waals surface area contributed by atoms with Crippen molar-refractivity contribution in [2.24, 2.45) is 0 Å². The molecule has 2 aromatic rings. The molecule has 0 atom stereocenters. The Bertz CT molecular complexity index is 641. The van der Waals surface area contributed by atoms with Crippen molar-refractivity contribution in [2.45, 2.75) is 0 Å². The van der Waals surface area contributed by atoms with E-state index in [4.69, 9.17) is 21.4 Å². The fourth-order valence-electron chi connectivity index (χ4n) is 1.74. The highest BCUT2D eigenvalue weighted by Gasteiger charge is 2.14. The molecule has 0 amide bonds. The Labute approximate surface area is 114 Å². The third-order valence-electron chi connectivity index (χ3n) is 2.69. The van der Waals surface area contributed by atoms with Gasteiger partial charge in [-0.2, -0.15) is 0 Å². The highest BCUT2D eigenvalue weighted by atomic mass is 35.5. The molecular weight excluding hydrogens is 271 g/mol. The van der Waals surface area contributed by atoms with Crippen LogP contribution >= 0.6 is 11.6 Å². The van der Waals surface area contributed by atoms with Gasteiger partial charge in [0.25, 0.3) is 0 Å². The van der Waals surface area contributed by atoms with Crippen LogP contribution in [0, 0.1) is 5.82 Å². The number of halogens is 2. The lowest BCUT2D eigenvalue weighted by molar-refractivity contribution is 0.0697. The monoisotopic (exact) mass is 280 g/mol. The second kappa shape index (κ2) is 5.28. The maximum atomic E-state index is 14.1. The minimum atomic E-state index is -1.08. The largest absolute Gasteiger partial charge is 0.494 e. The van der Waals surface area contributed by atoms with E-state index in [9.17, 15) is 9.18 Å². The van der Waals surface area contributed by atoms with Gasteiger partial charge in [-0.05, 0) is 18.2 Å². The van der Waals surface area contributed by atoms with Crippen molar-refractivity contribution in [3.63, 3.8) is 0 Å². The third kappa shape index (κ3) is 2.53. The Kier molecular flexibility index (Phi) is 3.71. The third-order valence-corrected chi connectivity index (χ3v) is 3.00. The van der Waals surface area contributed by atoms with Crippen LogP contribution in [0.2, 0.25) is 5.02 Å². The molecule has 98 valence electrons. The van der Waals surface area contributed by atoms with Crippen LogP contribution in [0.15, 0.2) is 36.4 Å². The van der Waals surface area contributed by atoms with E-state index >= 15 is 0 Å². The van der Waals surface area contributed by atoms with Crippen LogP contribution in [-0.2, 0) is 0 Å². The number of benzene rings is 2. The Hall–Kier alpha value is -2.07. The molecule has 0 aliphatic heterocycles. The lowest BCUT2D eigenvalue weighted by Gasteiger charge is -2.09. The van der Waals surface area contributed by atoms with Crippen LogP contribution in [0.5, 0.6) is 5.75 Å². The number of carboxylic acids is 1. The number of carbonyl (C=O) groups is 1. The second-order valence-corrected chi connectivity index (χ2v) is 4.23. The second-order valence-electron chi connectivity index (χ2n) is 3.82. The minimum Gasteiger partial charge on any atom is -0.494 e. The summed E-state index contributed by atoms with van der Waals surface area (Å²) in [5.74, 6) is -1.51. The maximum Gasteiger partial charge on any atom is 0.335 e. The SMILES string of the molecule is COc1cccc(-c2ccc(C(=O)O)cc2Cl)c1F. The fraction of sp³-hybridized carbons (Fsp3) is 0.0714. The first-order valence-electron chi connectivity index (χ1n) is 5.40. The zero-order valence-corrected chi connectivity index (χ0v) is 10.7. The van der Waals surface area contributed by atoms with E-state index in [0.717, 1.165) is 0 Å². The lowest BCUT2D eigenvalue weighted by Crippen LogP contribution is -1.97. The number of hydrogen-bond acceptors (Lipinski definition) is 2. The van der Waals surface area contributed by atoms with Crippen molar-refractivity contribution in [3.8, 4) is 16.9 Å². The van der Waals surface area contributed by atoms with E-state index in [1.807, 2.05) is 0 Å². The lowest BCUT2D eigenvalue weighted by atomic mass is 10.0. The molecule has 0 heterocycles. The van der Waals surface area contributed by atoms with Crippen molar-refractivity contribution < 1.29 is 19.0 Å². The highest BCUT2D eigenvalue weighted by molar-refractivity contribution is 6.33. The van der Waals surface area contributed by atoms with Gasteiger partial charge in [-0.15, -0.1) is 0 Å². The van der Waals surface area contributed by atoms with E-state index < -0.39 is 11.8 Å². The molecule has 0 bridgehead atoms.